The molecule has 0 saturated carbocycles. The first-order valence-corrected chi connectivity index (χ1v) is 11.3. The van der Waals surface area contributed by atoms with E-state index >= 15 is 0 Å². The van der Waals surface area contributed by atoms with Crippen molar-refractivity contribution in [3.63, 3.8) is 0 Å². The Morgan fingerprint density at radius 1 is 1.14 bits per heavy atom. The number of amides is 2. The number of benzene rings is 1. The van der Waals surface area contributed by atoms with E-state index in [0.717, 1.165) is 11.8 Å². The van der Waals surface area contributed by atoms with Crippen LogP contribution in [0, 0.1) is 6.92 Å². The van der Waals surface area contributed by atoms with Crippen molar-refractivity contribution in [3.8, 4) is 0 Å². The van der Waals surface area contributed by atoms with E-state index in [1.807, 2.05) is 13.0 Å². The highest BCUT2D eigenvalue weighted by Gasteiger charge is 2.36. The Morgan fingerprint density at radius 3 is 2.25 bits per heavy atom. The molecule has 28 heavy (non-hydrogen) atoms. The first kappa shape index (κ1) is 22.0. The molecule has 8 nitrogen and oxygen atoms in total. The maximum Gasteiger partial charge on any atom is 0.409 e. The van der Waals surface area contributed by atoms with Gasteiger partial charge in [0.2, 0.25) is 15.9 Å². The zero-order valence-electron chi connectivity index (χ0n) is 16.9. The molecule has 1 aliphatic heterocycles. The Kier molecular flexibility index (Phi) is 7.29. The molecule has 1 aromatic rings. The van der Waals surface area contributed by atoms with Crippen LogP contribution in [0.4, 0.5) is 10.5 Å². The van der Waals surface area contributed by atoms with Crippen LogP contribution in [0.3, 0.4) is 0 Å². The molecule has 1 aromatic carbocycles. The highest BCUT2D eigenvalue weighted by Crippen LogP contribution is 2.24. The molecular weight excluding hydrogens is 382 g/mol. The SMILES string of the molecule is CCOC(=O)N1CCN(C(=O)C(CC)N(c2cccc(C)c2)S(C)(=O)=O)CC1. The van der Waals surface area contributed by atoms with E-state index in [0.29, 0.717) is 44.9 Å². The van der Waals surface area contributed by atoms with E-state index in [4.69, 9.17) is 4.74 Å². The maximum absolute atomic E-state index is 13.2. The Hall–Kier alpha value is -2.29. The zero-order chi connectivity index (χ0) is 20.9. The Morgan fingerprint density at radius 2 is 1.75 bits per heavy atom. The third-order valence-electron chi connectivity index (χ3n) is 4.69. The van der Waals surface area contributed by atoms with Crippen LogP contribution in [-0.4, -0.2) is 75.3 Å². The van der Waals surface area contributed by atoms with E-state index < -0.39 is 16.1 Å². The van der Waals surface area contributed by atoms with E-state index in [1.165, 1.54) is 4.31 Å². The summed E-state index contributed by atoms with van der Waals surface area (Å²) in [6.07, 6.45) is 1.07. The van der Waals surface area contributed by atoms with Crippen LogP contribution < -0.4 is 4.31 Å². The minimum atomic E-state index is -3.66. The lowest BCUT2D eigenvalue weighted by molar-refractivity contribution is -0.134. The van der Waals surface area contributed by atoms with Crippen LogP contribution in [0.2, 0.25) is 0 Å². The van der Waals surface area contributed by atoms with Gasteiger partial charge in [-0.15, -0.1) is 0 Å². The smallest absolute Gasteiger partial charge is 0.409 e. The van der Waals surface area contributed by atoms with Gasteiger partial charge in [0.1, 0.15) is 6.04 Å². The second-order valence-corrected chi connectivity index (χ2v) is 8.69. The van der Waals surface area contributed by atoms with E-state index in [-0.39, 0.29) is 12.0 Å². The third-order valence-corrected chi connectivity index (χ3v) is 5.87. The number of aryl methyl sites for hydroxylation is 1. The van der Waals surface area contributed by atoms with Crippen LogP contribution in [0.1, 0.15) is 25.8 Å². The fraction of sp³-hybridized carbons (Fsp3) is 0.579. The van der Waals surface area contributed by atoms with Crippen LogP contribution in [0.25, 0.3) is 0 Å². The van der Waals surface area contributed by atoms with E-state index in [9.17, 15) is 18.0 Å². The quantitative estimate of drug-likeness (QED) is 0.713. The van der Waals surface area contributed by atoms with Crippen molar-refractivity contribution in [1.82, 2.24) is 9.80 Å². The van der Waals surface area contributed by atoms with Gasteiger partial charge in [0.05, 0.1) is 18.6 Å². The number of carbonyl (C=O) groups excluding carboxylic acids is 2. The fourth-order valence-electron chi connectivity index (χ4n) is 3.34. The van der Waals surface area contributed by atoms with Crippen LogP contribution in [-0.2, 0) is 19.6 Å². The monoisotopic (exact) mass is 411 g/mol. The zero-order valence-corrected chi connectivity index (χ0v) is 17.7. The predicted molar refractivity (Wildman–Crippen MR) is 108 cm³/mol. The van der Waals surface area contributed by atoms with Crippen LogP contribution in [0.15, 0.2) is 24.3 Å². The molecule has 0 aromatic heterocycles. The molecule has 1 aliphatic rings. The van der Waals surface area contributed by atoms with Gasteiger partial charge in [-0.25, -0.2) is 13.2 Å². The number of rotatable bonds is 6. The second kappa shape index (κ2) is 9.27. The van der Waals surface area contributed by atoms with Crippen molar-refractivity contribution in [3.05, 3.63) is 29.8 Å². The minimum absolute atomic E-state index is 0.252. The fourth-order valence-corrected chi connectivity index (χ4v) is 4.54. The molecule has 1 fully saturated rings. The highest BCUT2D eigenvalue weighted by atomic mass is 32.2. The lowest BCUT2D eigenvalue weighted by Crippen LogP contribution is -2.56. The molecule has 1 saturated heterocycles. The summed E-state index contributed by atoms with van der Waals surface area (Å²) in [6, 6.07) is 6.28. The van der Waals surface area contributed by atoms with Crippen molar-refractivity contribution in [2.75, 3.05) is 43.3 Å². The molecule has 0 bridgehead atoms. The second-order valence-electron chi connectivity index (χ2n) is 6.83. The number of hydrogen-bond acceptors (Lipinski definition) is 5. The molecule has 156 valence electrons. The number of nitrogens with zero attached hydrogens (tertiary/aromatic N) is 3. The van der Waals surface area contributed by atoms with Crippen LogP contribution >= 0.6 is 0 Å². The summed E-state index contributed by atoms with van der Waals surface area (Å²) in [5, 5.41) is 0. The number of anilines is 1. The molecule has 1 heterocycles. The van der Waals surface area contributed by atoms with E-state index in [1.54, 1.807) is 41.8 Å². The van der Waals surface area contributed by atoms with Crippen molar-refractivity contribution in [1.29, 1.82) is 0 Å². The van der Waals surface area contributed by atoms with Gasteiger partial charge < -0.3 is 14.5 Å². The summed E-state index contributed by atoms with van der Waals surface area (Å²) < 4.78 is 31.3. The minimum Gasteiger partial charge on any atom is -0.450 e. The Bertz CT molecular complexity index is 804. The van der Waals surface area contributed by atoms with Crippen LogP contribution in [0.5, 0.6) is 0 Å². The molecule has 2 rings (SSSR count). The lowest BCUT2D eigenvalue weighted by Gasteiger charge is -2.38. The number of carbonyl (C=O) groups is 2. The number of piperazine rings is 1. The summed E-state index contributed by atoms with van der Waals surface area (Å²) in [6.45, 7) is 7.14. The standard InChI is InChI=1S/C19H29N3O5S/c1-5-17(22(28(4,25)26)16-9-7-8-15(3)14-16)18(23)20-10-12-21(13-11-20)19(24)27-6-2/h7-9,14,17H,5-6,10-13H2,1-4H3. The molecule has 0 radical (unpaired) electrons. The average Bonchev–Trinajstić information content (AvgIpc) is 2.64. The average molecular weight is 412 g/mol. The summed E-state index contributed by atoms with van der Waals surface area (Å²) in [5.41, 5.74) is 1.39. The van der Waals surface area contributed by atoms with Crippen molar-refractivity contribution in [2.45, 2.75) is 33.2 Å². The van der Waals surface area contributed by atoms with Gasteiger partial charge in [0, 0.05) is 26.2 Å². The molecule has 0 aliphatic carbocycles. The number of sulfonamides is 1. The van der Waals surface area contributed by atoms with Gasteiger partial charge in [0.25, 0.3) is 0 Å². The van der Waals surface area contributed by atoms with E-state index in [2.05, 4.69) is 0 Å². The number of hydrogen-bond donors (Lipinski definition) is 0. The summed E-state index contributed by atoms with van der Waals surface area (Å²) in [7, 11) is -3.66. The third kappa shape index (κ3) is 5.15. The molecule has 9 heteroatoms. The summed E-state index contributed by atoms with van der Waals surface area (Å²) in [5.74, 6) is -0.252. The van der Waals surface area contributed by atoms with Gasteiger partial charge >= 0.3 is 6.09 Å². The van der Waals surface area contributed by atoms with Crippen molar-refractivity contribution >= 4 is 27.7 Å². The normalized spacial score (nSPS) is 15.9. The molecule has 0 N–H and O–H groups in total. The maximum atomic E-state index is 13.2. The van der Waals surface area contributed by atoms with Gasteiger partial charge in [-0.2, -0.15) is 0 Å². The molecule has 0 spiro atoms. The van der Waals surface area contributed by atoms with Gasteiger partial charge in [-0.05, 0) is 38.0 Å². The Balaban J connectivity index is 2.20. The first-order valence-electron chi connectivity index (χ1n) is 9.45. The molecule has 2 amide bonds. The Labute approximate surface area is 167 Å². The number of ether oxygens (including phenoxy) is 1. The summed E-state index contributed by atoms with van der Waals surface area (Å²) in [4.78, 5) is 28.2. The first-order chi connectivity index (χ1) is 13.2. The van der Waals surface area contributed by atoms with Gasteiger partial charge in [0.15, 0.2) is 0 Å². The van der Waals surface area contributed by atoms with Gasteiger partial charge in [-0.1, -0.05) is 19.1 Å². The topological polar surface area (TPSA) is 87.2 Å². The highest BCUT2D eigenvalue weighted by molar-refractivity contribution is 7.92. The predicted octanol–water partition coefficient (Wildman–Crippen LogP) is 1.84. The van der Waals surface area contributed by atoms with Crippen molar-refractivity contribution < 1.29 is 22.7 Å². The molecular formula is C19H29N3O5S. The molecule has 1 atom stereocenters. The van der Waals surface area contributed by atoms with Gasteiger partial charge in [-0.3, -0.25) is 9.10 Å². The largest absolute Gasteiger partial charge is 0.450 e. The molecule has 1 unspecified atom stereocenters. The van der Waals surface area contributed by atoms with Crippen molar-refractivity contribution in [2.24, 2.45) is 0 Å². The lowest BCUT2D eigenvalue weighted by atomic mass is 10.1. The summed E-state index contributed by atoms with van der Waals surface area (Å²) >= 11 is 0.